The molecule has 1 aliphatic rings. The minimum atomic E-state index is -3.92. The lowest BCUT2D eigenvalue weighted by Gasteiger charge is -2.11. The summed E-state index contributed by atoms with van der Waals surface area (Å²) >= 11 is 0. The second-order valence-corrected chi connectivity index (χ2v) is 6.82. The van der Waals surface area contributed by atoms with Gasteiger partial charge < -0.3 is 5.73 Å². The molecule has 0 bridgehead atoms. The maximum absolute atomic E-state index is 12.1. The first kappa shape index (κ1) is 13.8. The molecule has 1 aromatic carbocycles. The van der Waals surface area contributed by atoms with Crippen molar-refractivity contribution in [3.05, 3.63) is 28.3 Å². The molecule has 19 heavy (non-hydrogen) atoms. The zero-order chi connectivity index (χ0) is 14.3. The Kier molecular flexibility index (Phi) is 3.23. The molecule has 0 unspecified atom stereocenters. The highest BCUT2D eigenvalue weighted by Gasteiger charge is 2.39. The van der Waals surface area contributed by atoms with Crippen molar-refractivity contribution in [3.63, 3.8) is 0 Å². The Morgan fingerprint density at radius 1 is 1.47 bits per heavy atom. The summed E-state index contributed by atoms with van der Waals surface area (Å²) in [6, 6.07) is 3.88. The molecular weight excluding hydrogens is 270 g/mol. The van der Waals surface area contributed by atoms with Gasteiger partial charge in [0, 0.05) is 6.54 Å². The van der Waals surface area contributed by atoms with E-state index in [1.54, 1.807) is 0 Å². The van der Waals surface area contributed by atoms with E-state index in [4.69, 9.17) is 5.73 Å². The van der Waals surface area contributed by atoms with Crippen molar-refractivity contribution >= 4 is 21.4 Å². The molecule has 2 rings (SSSR count). The van der Waals surface area contributed by atoms with Crippen LogP contribution in [-0.4, -0.2) is 19.9 Å². The number of nitro groups is 1. The van der Waals surface area contributed by atoms with Gasteiger partial charge >= 0.3 is 5.69 Å². The number of nitrogens with zero attached hydrogens (tertiary/aromatic N) is 1. The second-order valence-electron chi connectivity index (χ2n) is 5.09. The number of hydrogen-bond donors (Lipinski definition) is 2. The van der Waals surface area contributed by atoms with Gasteiger partial charge in [-0.05, 0) is 30.4 Å². The Hall–Kier alpha value is -1.67. The third-order valence-electron chi connectivity index (χ3n) is 3.29. The average molecular weight is 285 g/mol. The van der Waals surface area contributed by atoms with Crippen LogP contribution in [0.1, 0.15) is 19.8 Å². The lowest BCUT2D eigenvalue weighted by atomic mass is 10.2. The van der Waals surface area contributed by atoms with Crippen LogP contribution in [0.3, 0.4) is 0 Å². The van der Waals surface area contributed by atoms with Crippen LogP contribution in [0.5, 0.6) is 0 Å². The molecule has 8 heteroatoms. The van der Waals surface area contributed by atoms with Crippen molar-refractivity contribution in [1.29, 1.82) is 0 Å². The molecule has 0 saturated heterocycles. The summed E-state index contributed by atoms with van der Waals surface area (Å²) in [6.45, 7) is 2.24. The number of nitro benzene ring substituents is 1. The van der Waals surface area contributed by atoms with Gasteiger partial charge in [0.1, 0.15) is 5.69 Å². The van der Waals surface area contributed by atoms with Crippen molar-refractivity contribution in [3.8, 4) is 0 Å². The van der Waals surface area contributed by atoms with Crippen LogP contribution in [0.4, 0.5) is 11.4 Å². The fourth-order valence-corrected chi connectivity index (χ4v) is 3.09. The summed E-state index contributed by atoms with van der Waals surface area (Å²) in [7, 11) is -3.92. The van der Waals surface area contributed by atoms with Crippen LogP contribution in [0.2, 0.25) is 0 Å². The molecule has 7 nitrogen and oxygen atoms in total. The number of para-hydroxylation sites is 1. The molecule has 0 aliphatic heterocycles. The first-order chi connectivity index (χ1) is 8.75. The van der Waals surface area contributed by atoms with E-state index in [1.165, 1.54) is 18.2 Å². The lowest BCUT2D eigenvalue weighted by molar-refractivity contribution is -0.386. The summed E-state index contributed by atoms with van der Waals surface area (Å²) in [5, 5.41) is 10.9. The number of nitrogens with two attached hydrogens (primary N) is 1. The minimum Gasteiger partial charge on any atom is -0.393 e. The zero-order valence-corrected chi connectivity index (χ0v) is 11.2. The summed E-state index contributed by atoms with van der Waals surface area (Å²) in [6.07, 6.45) is 1.91. The van der Waals surface area contributed by atoms with Crippen LogP contribution in [-0.2, 0) is 10.0 Å². The van der Waals surface area contributed by atoms with E-state index in [9.17, 15) is 18.5 Å². The Balaban J connectivity index is 2.34. The minimum absolute atomic E-state index is 0.0256. The lowest BCUT2D eigenvalue weighted by Crippen LogP contribution is -2.29. The maximum atomic E-state index is 12.1. The first-order valence-corrected chi connectivity index (χ1v) is 7.26. The van der Waals surface area contributed by atoms with Crippen molar-refractivity contribution in [2.45, 2.75) is 24.7 Å². The number of nitrogen functional groups attached to an aromatic ring is 1. The van der Waals surface area contributed by atoms with Gasteiger partial charge in [0.15, 0.2) is 4.90 Å². The number of anilines is 1. The summed E-state index contributed by atoms with van der Waals surface area (Å²) in [5.41, 5.74) is 4.72. The standard InChI is InChI=1S/C11H15N3O4S/c1-11(5-6-11)7-13-19(17,18)9-4-2-3-8(12)10(9)14(15)16/h2-4,13H,5-7,12H2,1H3. The summed E-state index contributed by atoms with van der Waals surface area (Å²) in [4.78, 5) is 9.77. The Bertz CT molecular complexity index is 623. The third-order valence-corrected chi connectivity index (χ3v) is 4.73. The highest BCUT2D eigenvalue weighted by Crippen LogP contribution is 2.44. The van der Waals surface area contributed by atoms with Crippen molar-refractivity contribution in [2.24, 2.45) is 5.41 Å². The molecule has 104 valence electrons. The van der Waals surface area contributed by atoms with Crippen LogP contribution in [0, 0.1) is 15.5 Å². The molecule has 1 aromatic rings. The summed E-state index contributed by atoms with van der Waals surface area (Å²) < 4.78 is 26.6. The van der Waals surface area contributed by atoms with Gasteiger partial charge in [-0.3, -0.25) is 10.1 Å². The highest BCUT2D eigenvalue weighted by molar-refractivity contribution is 7.89. The Morgan fingerprint density at radius 3 is 2.63 bits per heavy atom. The van der Waals surface area contributed by atoms with Crippen LogP contribution >= 0.6 is 0 Å². The molecule has 1 saturated carbocycles. The Labute approximate surface area is 111 Å². The molecule has 0 aromatic heterocycles. The number of hydrogen-bond acceptors (Lipinski definition) is 5. The molecule has 3 N–H and O–H groups in total. The topological polar surface area (TPSA) is 115 Å². The number of rotatable bonds is 5. The maximum Gasteiger partial charge on any atom is 0.312 e. The van der Waals surface area contributed by atoms with Crippen molar-refractivity contribution in [1.82, 2.24) is 4.72 Å². The van der Waals surface area contributed by atoms with Gasteiger partial charge in [0.2, 0.25) is 10.0 Å². The van der Waals surface area contributed by atoms with Gasteiger partial charge in [-0.1, -0.05) is 13.0 Å². The quantitative estimate of drug-likeness (QED) is 0.480. The molecule has 0 atom stereocenters. The van der Waals surface area contributed by atoms with Gasteiger partial charge in [0.25, 0.3) is 0 Å². The van der Waals surface area contributed by atoms with Gasteiger partial charge in [0.05, 0.1) is 4.92 Å². The predicted molar refractivity (Wildman–Crippen MR) is 70.0 cm³/mol. The van der Waals surface area contributed by atoms with E-state index in [0.717, 1.165) is 12.8 Å². The normalized spacial score (nSPS) is 17.1. The third kappa shape index (κ3) is 2.85. The van der Waals surface area contributed by atoms with E-state index in [0.29, 0.717) is 0 Å². The summed E-state index contributed by atoms with van der Waals surface area (Å²) in [5.74, 6) is 0. The Morgan fingerprint density at radius 2 is 2.11 bits per heavy atom. The predicted octanol–water partition coefficient (Wildman–Crippen LogP) is 1.26. The van der Waals surface area contributed by atoms with Crippen LogP contribution in [0.25, 0.3) is 0 Å². The monoisotopic (exact) mass is 285 g/mol. The molecule has 0 radical (unpaired) electrons. The van der Waals surface area contributed by atoms with E-state index in [1.807, 2.05) is 6.92 Å². The SMILES string of the molecule is CC1(CNS(=O)(=O)c2cccc(N)c2[N+](=O)[O-])CC1. The van der Waals surface area contributed by atoms with Gasteiger partial charge in [-0.15, -0.1) is 0 Å². The number of sulfonamides is 1. The van der Waals surface area contributed by atoms with Gasteiger partial charge in [-0.2, -0.15) is 0 Å². The fraction of sp³-hybridized carbons (Fsp3) is 0.455. The molecular formula is C11H15N3O4S. The smallest absolute Gasteiger partial charge is 0.312 e. The van der Waals surface area contributed by atoms with E-state index in [-0.39, 0.29) is 22.5 Å². The van der Waals surface area contributed by atoms with Gasteiger partial charge in [-0.25, -0.2) is 13.1 Å². The second kappa shape index (κ2) is 4.46. The van der Waals surface area contributed by atoms with E-state index >= 15 is 0 Å². The van der Waals surface area contributed by atoms with Crippen molar-refractivity contribution < 1.29 is 13.3 Å². The number of nitrogens with one attached hydrogen (secondary N) is 1. The fourth-order valence-electron chi connectivity index (χ4n) is 1.69. The molecule has 0 heterocycles. The van der Waals surface area contributed by atoms with E-state index < -0.39 is 20.6 Å². The number of benzene rings is 1. The average Bonchev–Trinajstić information content (AvgIpc) is 3.05. The molecule has 1 aliphatic carbocycles. The molecule has 0 amide bonds. The zero-order valence-electron chi connectivity index (χ0n) is 10.4. The van der Waals surface area contributed by atoms with Crippen LogP contribution in [0.15, 0.2) is 23.1 Å². The van der Waals surface area contributed by atoms with Crippen molar-refractivity contribution in [2.75, 3.05) is 12.3 Å². The first-order valence-electron chi connectivity index (χ1n) is 5.78. The van der Waals surface area contributed by atoms with Crippen LogP contribution < -0.4 is 10.5 Å². The molecule has 1 fully saturated rings. The molecule has 0 spiro atoms. The largest absolute Gasteiger partial charge is 0.393 e. The van der Waals surface area contributed by atoms with E-state index in [2.05, 4.69) is 4.72 Å². The highest BCUT2D eigenvalue weighted by atomic mass is 32.2.